The summed E-state index contributed by atoms with van der Waals surface area (Å²) in [4.78, 5) is 24.6. The summed E-state index contributed by atoms with van der Waals surface area (Å²) in [5.41, 5.74) is 1.41. The molecule has 0 unspecified atom stereocenters. The first-order valence-electron chi connectivity index (χ1n) is 9.02. The normalized spacial score (nSPS) is 11.1. The van der Waals surface area contributed by atoms with Gasteiger partial charge in [0.25, 0.3) is 0 Å². The van der Waals surface area contributed by atoms with E-state index in [4.69, 9.17) is 4.42 Å². The lowest BCUT2D eigenvalue weighted by Crippen LogP contribution is -2.03. The van der Waals surface area contributed by atoms with Crippen molar-refractivity contribution in [2.75, 3.05) is 0 Å². The van der Waals surface area contributed by atoms with Crippen LogP contribution in [0.1, 0.15) is 59.1 Å². The van der Waals surface area contributed by atoms with Gasteiger partial charge in [-0.05, 0) is 49.6 Å². The van der Waals surface area contributed by atoms with Crippen molar-refractivity contribution in [2.45, 2.75) is 39.0 Å². The summed E-state index contributed by atoms with van der Waals surface area (Å²) >= 11 is 0. The molecule has 0 spiro atoms. The van der Waals surface area contributed by atoms with E-state index in [1.807, 2.05) is 6.92 Å². The van der Waals surface area contributed by atoms with Crippen molar-refractivity contribution in [3.05, 3.63) is 71.0 Å². The predicted octanol–water partition coefficient (Wildman–Crippen LogP) is 5.90. The van der Waals surface area contributed by atoms with Crippen LogP contribution in [0.5, 0.6) is 0 Å². The van der Waals surface area contributed by atoms with Crippen LogP contribution in [0.3, 0.4) is 0 Å². The number of benzene rings is 2. The summed E-state index contributed by atoms with van der Waals surface area (Å²) in [6.45, 7) is 1.90. The number of ketones is 2. The number of furan rings is 1. The Labute approximate surface area is 156 Å². The van der Waals surface area contributed by atoms with Crippen LogP contribution in [0, 0.1) is 11.6 Å². The van der Waals surface area contributed by atoms with Crippen LogP contribution in [0.4, 0.5) is 8.78 Å². The third-order valence-corrected chi connectivity index (χ3v) is 4.46. The van der Waals surface area contributed by atoms with Crippen LogP contribution < -0.4 is 0 Å². The van der Waals surface area contributed by atoms with Crippen LogP contribution in [-0.4, -0.2) is 11.6 Å². The molecule has 1 aromatic heterocycles. The number of rotatable bonds is 8. The first-order valence-corrected chi connectivity index (χ1v) is 9.02. The molecule has 140 valence electrons. The van der Waals surface area contributed by atoms with E-state index in [-0.39, 0.29) is 23.7 Å². The van der Waals surface area contributed by atoms with E-state index in [9.17, 15) is 18.4 Å². The van der Waals surface area contributed by atoms with Gasteiger partial charge in [-0.15, -0.1) is 0 Å². The second-order valence-electron chi connectivity index (χ2n) is 6.51. The molecule has 0 saturated heterocycles. The molecule has 0 aliphatic rings. The molecule has 0 N–H and O–H groups in total. The zero-order chi connectivity index (χ0) is 19.4. The summed E-state index contributed by atoms with van der Waals surface area (Å²) in [5.74, 6) is -0.911. The number of hydrogen-bond donors (Lipinski definition) is 0. The van der Waals surface area contributed by atoms with E-state index in [2.05, 4.69) is 0 Å². The van der Waals surface area contributed by atoms with Crippen molar-refractivity contribution in [1.82, 2.24) is 0 Å². The second-order valence-corrected chi connectivity index (χ2v) is 6.51. The molecular formula is C22H20F2O3. The highest BCUT2D eigenvalue weighted by atomic mass is 19.1. The fourth-order valence-corrected chi connectivity index (χ4v) is 3.17. The van der Waals surface area contributed by atoms with Gasteiger partial charge >= 0.3 is 0 Å². The number of fused-ring (bicyclic) bond motifs is 1. The average Bonchev–Trinajstić information content (AvgIpc) is 3.00. The van der Waals surface area contributed by atoms with Crippen LogP contribution in [0.25, 0.3) is 11.0 Å². The SMILES string of the molecule is CCCC(=O)c1oc2ccc(F)cc2c1CCCC(=O)c1cccc(F)c1. The summed E-state index contributed by atoms with van der Waals surface area (Å²) < 4.78 is 32.6. The van der Waals surface area contributed by atoms with Gasteiger partial charge in [0.1, 0.15) is 17.2 Å². The van der Waals surface area contributed by atoms with Gasteiger partial charge in [-0.25, -0.2) is 8.78 Å². The lowest BCUT2D eigenvalue weighted by Gasteiger charge is -2.04. The summed E-state index contributed by atoms with van der Waals surface area (Å²) in [5, 5.41) is 0.563. The molecule has 0 aliphatic heterocycles. The Bertz CT molecular complexity index is 988. The maximum absolute atomic E-state index is 13.7. The highest BCUT2D eigenvalue weighted by Crippen LogP contribution is 2.29. The molecule has 0 fully saturated rings. The monoisotopic (exact) mass is 370 g/mol. The molecule has 5 heteroatoms. The van der Waals surface area contributed by atoms with E-state index in [1.54, 1.807) is 6.07 Å². The zero-order valence-electron chi connectivity index (χ0n) is 15.1. The number of aryl methyl sites for hydroxylation is 1. The van der Waals surface area contributed by atoms with Gasteiger partial charge in [0.2, 0.25) is 0 Å². The van der Waals surface area contributed by atoms with E-state index < -0.39 is 11.6 Å². The molecule has 0 bridgehead atoms. The molecule has 1 heterocycles. The Balaban J connectivity index is 1.80. The fourth-order valence-electron chi connectivity index (χ4n) is 3.17. The maximum Gasteiger partial charge on any atom is 0.198 e. The lowest BCUT2D eigenvalue weighted by atomic mass is 9.98. The van der Waals surface area contributed by atoms with E-state index in [1.165, 1.54) is 36.4 Å². The van der Waals surface area contributed by atoms with Crippen LogP contribution in [-0.2, 0) is 6.42 Å². The highest BCUT2D eigenvalue weighted by molar-refractivity contribution is 6.00. The van der Waals surface area contributed by atoms with Crippen molar-refractivity contribution in [2.24, 2.45) is 0 Å². The van der Waals surface area contributed by atoms with Crippen LogP contribution in [0.2, 0.25) is 0 Å². The molecule has 0 amide bonds. The molecule has 0 atom stereocenters. The molecule has 0 aliphatic carbocycles. The van der Waals surface area contributed by atoms with Crippen molar-refractivity contribution in [3.8, 4) is 0 Å². The summed E-state index contributed by atoms with van der Waals surface area (Å²) in [6.07, 6.45) is 2.08. The first-order chi connectivity index (χ1) is 13.0. The molecule has 0 saturated carbocycles. The van der Waals surface area contributed by atoms with Crippen LogP contribution in [0.15, 0.2) is 46.9 Å². The quantitative estimate of drug-likeness (QED) is 0.464. The third kappa shape index (κ3) is 4.30. The molecule has 3 aromatic rings. The molecule has 2 aromatic carbocycles. The minimum Gasteiger partial charge on any atom is -0.453 e. The van der Waals surface area contributed by atoms with Gasteiger partial charge in [-0.3, -0.25) is 9.59 Å². The smallest absolute Gasteiger partial charge is 0.198 e. The van der Waals surface area contributed by atoms with Crippen molar-refractivity contribution in [3.63, 3.8) is 0 Å². The second kappa shape index (κ2) is 8.25. The van der Waals surface area contributed by atoms with Gasteiger partial charge < -0.3 is 4.42 Å². The molecule has 3 nitrogen and oxygen atoms in total. The lowest BCUT2D eigenvalue weighted by molar-refractivity contribution is 0.0955. The van der Waals surface area contributed by atoms with E-state index in [0.29, 0.717) is 47.8 Å². The number of carbonyl (C=O) groups is 2. The zero-order valence-corrected chi connectivity index (χ0v) is 15.1. The largest absolute Gasteiger partial charge is 0.453 e. The van der Waals surface area contributed by atoms with E-state index >= 15 is 0 Å². The Morgan fingerprint density at radius 2 is 1.74 bits per heavy atom. The molecular weight excluding hydrogens is 350 g/mol. The van der Waals surface area contributed by atoms with Crippen molar-refractivity contribution < 1.29 is 22.8 Å². The van der Waals surface area contributed by atoms with E-state index in [0.717, 1.165) is 0 Å². The topological polar surface area (TPSA) is 47.3 Å². The fraction of sp³-hybridized carbons (Fsp3) is 0.273. The average molecular weight is 370 g/mol. The van der Waals surface area contributed by atoms with Crippen molar-refractivity contribution >= 4 is 22.5 Å². The highest BCUT2D eigenvalue weighted by Gasteiger charge is 2.20. The number of halogens is 2. The van der Waals surface area contributed by atoms with Crippen molar-refractivity contribution in [1.29, 1.82) is 0 Å². The van der Waals surface area contributed by atoms with Gasteiger partial charge in [0.05, 0.1) is 0 Å². The maximum atomic E-state index is 13.7. The minimum absolute atomic E-state index is 0.124. The van der Waals surface area contributed by atoms with Gasteiger partial charge in [-0.2, -0.15) is 0 Å². The van der Waals surface area contributed by atoms with Gasteiger partial charge in [0.15, 0.2) is 17.3 Å². The number of Topliss-reactive ketones (excluding diaryl/α,β-unsaturated/α-hetero) is 2. The third-order valence-electron chi connectivity index (χ3n) is 4.46. The minimum atomic E-state index is -0.454. The Hall–Kier alpha value is -2.82. The summed E-state index contributed by atoms with van der Waals surface area (Å²) in [6, 6.07) is 9.72. The van der Waals surface area contributed by atoms with Gasteiger partial charge in [-0.1, -0.05) is 19.1 Å². The Kier molecular flexibility index (Phi) is 5.79. The number of carbonyl (C=O) groups excluding carboxylic acids is 2. The predicted molar refractivity (Wildman–Crippen MR) is 99.1 cm³/mol. The Morgan fingerprint density at radius 1 is 0.963 bits per heavy atom. The summed E-state index contributed by atoms with van der Waals surface area (Å²) in [7, 11) is 0. The molecule has 27 heavy (non-hydrogen) atoms. The number of hydrogen-bond acceptors (Lipinski definition) is 3. The van der Waals surface area contributed by atoms with Gasteiger partial charge in [0, 0.05) is 29.4 Å². The molecule has 3 rings (SSSR count). The Morgan fingerprint density at radius 3 is 2.48 bits per heavy atom. The van der Waals surface area contributed by atoms with Crippen LogP contribution >= 0.6 is 0 Å². The molecule has 0 radical (unpaired) electrons. The standard InChI is InChI=1S/C22H20F2O3/c1-2-5-20(26)22-17(18-13-16(24)10-11-21(18)27-22)8-4-9-19(25)14-6-3-7-15(23)12-14/h3,6-7,10-13H,2,4-5,8-9H2,1H3. The first kappa shape index (κ1) is 19.0.